The van der Waals surface area contributed by atoms with E-state index in [9.17, 15) is 14.3 Å². The molecule has 1 amide bonds. The van der Waals surface area contributed by atoms with Crippen LogP contribution >= 0.6 is 11.8 Å². The van der Waals surface area contributed by atoms with Gasteiger partial charge in [-0.2, -0.15) is 9.98 Å². The lowest BCUT2D eigenvalue weighted by molar-refractivity contribution is 0.206. The van der Waals surface area contributed by atoms with Crippen LogP contribution in [0.25, 0.3) is 11.4 Å². The molecule has 0 saturated heterocycles. The molecule has 31 heavy (non-hydrogen) atoms. The van der Waals surface area contributed by atoms with Gasteiger partial charge in [0.15, 0.2) is 11.6 Å². The van der Waals surface area contributed by atoms with Crippen LogP contribution < -0.4 is 0 Å². The Kier molecular flexibility index (Phi) is 6.81. The van der Waals surface area contributed by atoms with E-state index in [0.717, 1.165) is 11.8 Å². The van der Waals surface area contributed by atoms with Gasteiger partial charge in [-0.3, -0.25) is 0 Å². The van der Waals surface area contributed by atoms with Crippen molar-refractivity contribution >= 4 is 34.3 Å². The molecule has 3 aromatic rings. The number of hydrogen-bond donors (Lipinski definition) is 2. The molecule has 2 aromatic carbocycles. The minimum atomic E-state index is -1.43. The summed E-state index contributed by atoms with van der Waals surface area (Å²) < 4.78 is 19.8. The van der Waals surface area contributed by atoms with Crippen LogP contribution in [-0.4, -0.2) is 43.5 Å². The summed E-state index contributed by atoms with van der Waals surface area (Å²) in [4.78, 5) is 23.4. The number of carboxylic acid groups (broad SMARTS) is 1. The maximum absolute atomic E-state index is 14.8. The summed E-state index contributed by atoms with van der Waals surface area (Å²) in [7, 11) is 0. The molecule has 8 nitrogen and oxygen atoms in total. The molecule has 0 spiro atoms. The zero-order valence-electron chi connectivity index (χ0n) is 17.0. The van der Waals surface area contributed by atoms with E-state index < -0.39 is 17.7 Å². The molecular weight excluding hydrogens is 423 g/mol. The molecule has 3 rings (SSSR count). The standard InChI is InChI=1S/C21H19FN4O4S/c1-4-12-9-15(17(22)16(27)10-12)18(20(31-3)25-21(28)29)24-14-7-5-13(6-8-14)19-23-11(2)30-26-19/h5-10,27H,4H2,1-3H3,(H,28,29)/b24-18+,25-20-. The van der Waals surface area contributed by atoms with Gasteiger partial charge in [-0.15, -0.1) is 11.8 Å². The van der Waals surface area contributed by atoms with Crippen molar-refractivity contribution in [2.75, 3.05) is 6.26 Å². The number of thioether (sulfide) groups is 1. The molecule has 2 N–H and O–H groups in total. The van der Waals surface area contributed by atoms with Crippen molar-refractivity contribution in [3.63, 3.8) is 0 Å². The van der Waals surface area contributed by atoms with Crippen LogP contribution in [0.3, 0.4) is 0 Å². The second kappa shape index (κ2) is 9.52. The molecule has 0 aliphatic carbocycles. The lowest BCUT2D eigenvalue weighted by Crippen LogP contribution is -2.16. The minimum Gasteiger partial charge on any atom is -0.505 e. The second-order valence-corrected chi connectivity index (χ2v) is 7.17. The monoisotopic (exact) mass is 442 g/mol. The molecule has 0 atom stereocenters. The fraction of sp³-hybridized carbons (Fsp3) is 0.190. The van der Waals surface area contributed by atoms with E-state index in [1.54, 1.807) is 37.4 Å². The Labute approximate surface area is 181 Å². The minimum absolute atomic E-state index is 0.00107. The highest BCUT2D eigenvalue weighted by atomic mass is 32.2. The fourth-order valence-corrected chi connectivity index (χ4v) is 3.30. The van der Waals surface area contributed by atoms with E-state index in [4.69, 9.17) is 9.63 Å². The zero-order chi connectivity index (χ0) is 22.5. The van der Waals surface area contributed by atoms with Crippen LogP contribution in [-0.2, 0) is 6.42 Å². The summed E-state index contributed by atoms with van der Waals surface area (Å²) in [6.07, 6.45) is 0.717. The Morgan fingerprint density at radius 1 is 1.26 bits per heavy atom. The summed E-state index contributed by atoms with van der Waals surface area (Å²) in [5, 5.41) is 23.0. The second-order valence-electron chi connectivity index (χ2n) is 6.38. The summed E-state index contributed by atoms with van der Waals surface area (Å²) in [6.45, 7) is 3.54. The molecule has 0 bridgehead atoms. The van der Waals surface area contributed by atoms with Gasteiger partial charge >= 0.3 is 6.09 Å². The van der Waals surface area contributed by atoms with Crippen molar-refractivity contribution < 1.29 is 23.9 Å². The maximum atomic E-state index is 14.8. The molecule has 160 valence electrons. The number of carbonyl (C=O) groups is 1. The number of phenols is 1. The lowest BCUT2D eigenvalue weighted by atomic mass is 10.0. The fourth-order valence-electron chi connectivity index (χ4n) is 2.78. The van der Waals surface area contributed by atoms with Crippen LogP contribution in [0, 0.1) is 12.7 Å². The third-order valence-electron chi connectivity index (χ3n) is 4.26. The van der Waals surface area contributed by atoms with Gasteiger partial charge in [-0.25, -0.2) is 14.2 Å². The Balaban J connectivity index is 2.14. The van der Waals surface area contributed by atoms with Crippen LogP contribution in [0.15, 0.2) is 50.9 Å². The van der Waals surface area contributed by atoms with Crippen LogP contribution in [0.1, 0.15) is 23.9 Å². The van der Waals surface area contributed by atoms with Gasteiger partial charge in [0.2, 0.25) is 11.7 Å². The summed E-state index contributed by atoms with van der Waals surface area (Å²) in [5.74, 6) is -0.597. The largest absolute Gasteiger partial charge is 0.505 e. The average Bonchev–Trinajstić information content (AvgIpc) is 3.19. The predicted octanol–water partition coefficient (Wildman–Crippen LogP) is 5.01. The Bertz CT molecular complexity index is 1170. The van der Waals surface area contributed by atoms with E-state index in [1.807, 2.05) is 6.92 Å². The molecule has 0 radical (unpaired) electrons. The topological polar surface area (TPSA) is 121 Å². The predicted molar refractivity (Wildman–Crippen MR) is 117 cm³/mol. The number of nitrogens with zero attached hydrogens (tertiary/aromatic N) is 4. The first-order valence-electron chi connectivity index (χ1n) is 9.19. The number of hydrogen-bond acceptors (Lipinski definition) is 7. The SMILES string of the molecule is CCc1cc(O)c(F)c(C(=N\c2ccc(-c3noc(C)n3)cc2)/C(=N/C(=O)O)SC)c1. The number of aryl methyl sites for hydroxylation is 2. The molecule has 0 aliphatic heterocycles. The van der Waals surface area contributed by atoms with E-state index in [1.165, 1.54) is 12.1 Å². The Morgan fingerprint density at radius 3 is 2.52 bits per heavy atom. The molecule has 1 aromatic heterocycles. The van der Waals surface area contributed by atoms with Crippen molar-refractivity contribution in [3.05, 3.63) is 59.2 Å². The lowest BCUT2D eigenvalue weighted by Gasteiger charge is -2.12. The first-order chi connectivity index (χ1) is 14.8. The number of aromatic hydroxyl groups is 1. The normalized spacial score (nSPS) is 12.3. The molecule has 0 fully saturated rings. The molecule has 10 heteroatoms. The van der Waals surface area contributed by atoms with E-state index in [-0.39, 0.29) is 16.3 Å². The summed E-state index contributed by atoms with van der Waals surface area (Å²) in [5.41, 5.74) is 1.75. The van der Waals surface area contributed by atoms with Gasteiger partial charge < -0.3 is 14.7 Å². The maximum Gasteiger partial charge on any atom is 0.432 e. The zero-order valence-corrected chi connectivity index (χ0v) is 17.8. The molecule has 0 unspecified atom stereocenters. The molecular formula is C21H19FN4O4S. The number of halogens is 1. The third kappa shape index (κ3) is 5.15. The van der Waals surface area contributed by atoms with Crippen molar-refractivity contribution in [2.45, 2.75) is 20.3 Å². The number of benzene rings is 2. The summed E-state index contributed by atoms with van der Waals surface area (Å²) in [6, 6.07) is 9.58. The average molecular weight is 442 g/mol. The van der Waals surface area contributed by atoms with Crippen molar-refractivity contribution in [2.24, 2.45) is 9.98 Å². The van der Waals surface area contributed by atoms with Gasteiger partial charge in [-0.05, 0) is 54.6 Å². The van der Waals surface area contributed by atoms with Gasteiger partial charge in [0.05, 0.1) is 5.69 Å². The molecule has 0 saturated carbocycles. The highest BCUT2D eigenvalue weighted by Crippen LogP contribution is 2.27. The van der Waals surface area contributed by atoms with Crippen LogP contribution in [0.2, 0.25) is 0 Å². The number of aliphatic imine (C=N–C) groups is 2. The van der Waals surface area contributed by atoms with Gasteiger partial charge in [-0.1, -0.05) is 12.1 Å². The van der Waals surface area contributed by atoms with E-state index >= 15 is 0 Å². The number of phenolic OH excluding ortho intramolecular Hbond substituents is 1. The number of aromatic nitrogens is 2. The highest BCUT2D eigenvalue weighted by Gasteiger charge is 2.21. The molecule has 1 heterocycles. The van der Waals surface area contributed by atoms with Gasteiger partial charge in [0.1, 0.15) is 10.8 Å². The van der Waals surface area contributed by atoms with Crippen molar-refractivity contribution in [3.8, 4) is 17.1 Å². The Hall–Kier alpha value is -3.53. The smallest absolute Gasteiger partial charge is 0.432 e. The van der Waals surface area contributed by atoms with Gasteiger partial charge in [0.25, 0.3) is 0 Å². The van der Waals surface area contributed by atoms with E-state index in [0.29, 0.717) is 35.0 Å². The first-order valence-corrected chi connectivity index (χ1v) is 10.4. The van der Waals surface area contributed by atoms with Crippen LogP contribution in [0.4, 0.5) is 14.9 Å². The molecule has 0 aliphatic rings. The summed E-state index contributed by atoms with van der Waals surface area (Å²) >= 11 is 1.01. The highest BCUT2D eigenvalue weighted by molar-refractivity contribution is 8.15. The van der Waals surface area contributed by atoms with Crippen molar-refractivity contribution in [1.29, 1.82) is 0 Å². The number of rotatable bonds is 5. The van der Waals surface area contributed by atoms with Crippen molar-refractivity contribution in [1.82, 2.24) is 10.1 Å². The first kappa shape index (κ1) is 22.2. The van der Waals surface area contributed by atoms with Gasteiger partial charge in [0, 0.05) is 18.1 Å². The Morgan fingerprint density at radius 2 is 1.97 bits per heavy atom. The van der Waals surface area contributed by atoms with E-state index in [2.05, 4.69) is 20.1 Å². The third-order valence-corrected chi connectivity index (χ3v) is 4.93. The number of amides is 1. The van der Waals surface area contributed by atoms with Crippen LogP contribution in [0.5, 0.6) is 5.75 Å². The quantitative estimate of drug-likeness (QED) is 0.421.